The number of para-hydroxylation sites is 1. The van der Waals surface area contributed by atoms with Crippen molar-refractivity contribution in [3.05, 3.63) is 76.5 Å². The molecule has 1 N–H and O–H groups in total. The highest BCUT2D eigenvalue weighted by Crippen LogP contribution is 2.13. The van der Waals surface area contributed by atoms with Crippen molar-refractivity contribution in [1.82, 2.24) is 9.36 Å². The molecule has 128 valence electrons. The van der Waals surface area contributed by atoms with Gasteiger partial charge in [0.15, 0.2) is 11.9 Å². The number of amides is 1. The van der Waals surface area contributed by atoms with Gasteiger partial charge < -0.3 is 5.32 Å². The Labute approximate surface area is 145 Å². The topological polar surface area (TPSA) is 59.9 Å². The van der Waals surface area contributed by atoms with E-state index in [1.165, 1.54) is 0 Å². The van der Waals surface area contributed by atoms with Crippen LogP contribution in [0.4, 0.5) is 5.69 Å². The lowest BCUT2D eigenvalue weighted by atomic mass is 10.3. The molecule has 0 aliphatic heterocycles. The van der Waals surface area contributed by atoms with E-state index in [-0.39, 0.29) is 18.0 Å². The van der Waals surface area contributed by atoms with Crippen LogP contribution in [0, 0.1) is 13.8 Å². The van der Waals surface area contributed by atoms with E-state index in [1.54, 1.807) is 16.4 Å². The van der Waals surface area contributed by atoms with Gasteiger partial charge in [0.25, 0.3) is 11.5 Å². The van der Waals surface area contributed by atoms with Crippen LogP contribution >= 0.6 is 0 Å². The molecule has 3 aromatic rings. The van der Waals surface area contributed by atoms with Gasteiger partial charge in [-0.25, -0.2) is 4.68 Å². The van der Waals surface area contributed by atoms with Crippen molar-refractivity contribution in [3.63, 3.8) is 0 Å². The number of pyridine rings is 1. The minimum Gasteiger partial charge on any atom is -0.314 e. The summed E-state index contributed by atoms with van der Waals surface area (Å²) in [6, 6.07) is 15.1. The maximum atomic E-state index is 12.8. The number of anilines is 1. The van der Waals surface area contributed by atoms with Gasteiger partial charge >= 0.3 is 0 Å². The standard InChI is InChI=1S/C19H20N4O2/c1-14-9-7-8-12-22(14)13-17(24)20-18-15(2)21(3)23(19(18)25)16-10-5-4-6-11-16/h4-12H,13H2,1-3H3/p+1. The fourth-order valence-corrected chi connectivity index (χ4v) is 2.79. The van der Waals surface area contributed by atoms with Crippen molar-refractivity contribution < 1.29 is 9.36 Å². The molecule has 25 heavy (non-hydrogen) atoms. The average molecular weight is 337 g/mol. The fourth-order valence-electron chi connectivity index (χ4n) is 2.79. The van der Waals surface area contributed by atoms with Gasteiger partial charge in [-0.2, -0.15) is 4.57 Å². The molecule has 0 aliphatic rings. The third-order valence-corrected chi connectivity index (χ3v) is 4.30. The lowest BCUT2D eigenvalue weighted by Gasteiger charge is -2.07. The Morgan fingerprint density at radius 2 is 1.76 bits per heavy atom. The first-order valence-corrected chi connectivity index (χ1v) is 8.08. The summed E-state index contributed by atoms with van der Waals surface area (Å²) >= 11 is 0. The Morgan fingerprint density at radius 3 is 2.44 bits per heavy atom. The van der Waals surface area contributed by atoms with E-state index in [4.69, 9.17) is 0 Å². The van der Waals surface area contributed by atoms with Crippen LogP contribution in [0.3, 0.4) is 0 Å². The number of nitrogens with one attached hydrogen (secondary N) is 1. The molecule has 2 aromatic heterocycles. The molecular formula is C19H21N4O2+. The zero-order chi connectivity index (χ0) is 18.0. The Morgan fingerprint density at radius 1 is 1.08 bits per heavy atom. The van der Waals surface area contributed by atoms with Gasteiger partial charge in [-0.1, -0.05) is 24.3 Å². The fraction of sp³-hybridized carbons (Fsp3) is 0.211. The minimum atomic E-state index is -0.241. The van der Waals surface area contributed by atoms with E-state index in [9.17, 15) is 9.59 Å². The van der Waals surface area contributed by atoms with Crippen molar-refractivity contribution in [3.8, 4) is 5.69 Å². The molecule has 0 unspecified atom stereocenters. The molecule has 3 rings (SSSR count). The average Bonchev–Trinajstić information content (AvgIpc) is 2.81. The van der Waals surface area contributed by atoms with Gasteiger partial charge in [-0.15, -0.1) is 0 Å². The molecule has 6 heteroatoms. The summed E-state index contributed by atoms with van der Waals surface area (Å²) in [5.41, 5.74) is 2.51. The van der Waals surface area contributed by atoms with Crippen LogP contribution in [-0.2, 0) is 18.4 Å². The van der Waals surface area contributed by atoms with Gasteiger partial charge in [0.1, 0.15) is 5.69 Å². The molecule has 1 amide bonds. The van der Waals surface area contributed by atoms with Gasteiger partial charge in [-0.05, 0) is 19.1 Å². The number of rotatable bonds is 4. The smallest absolute Gasteiger partial charge is 0.295 e. The van der Waals surface area contributed by atoms with E-state index in [0.29, 0.717) is 11.4 Å². The van der Waals surface area contributed by atoms with E-state index >= 15 is 0 Å². The zero-order valence-corrected chi connectivity index (χ0v) is 14.6. The SMILES string of the molecule is Cc1c(NC(=O)C[n+]2ccccc2C)c(=O)n(-c2ccccc2)n1C. The Kier molecular flexibility index (Phi) is 4.52. The van der Waals surface area contributed by atoms with Crippen LogP contribution in [-0.4, -0.2) is 15.3 Å². The Bertz CT molecular complexity index is 971. The molecule has 0 saturated heterocycles. The summed E-state index contributed by atoms with van der Waals surface area (Å²) in [5, 5.41) is 2.77. The van der Waals surface area contributed by atoms with Gasteiger partial charge in [0, 0.05) is 26.1 Å². The molecule has 0 aliphatic carbocycles. The van der Waals surface area contributed by atoms with Crippen LogP contribution in [0.25, 0.3) is 5.69 Å². The molecule has 1 aromatic carbocycles. The monoisotopic (exact) mass is 337 g/mol. The van der Waals surface area contributed by atoms with Crippen LogP contribution in [0.5, 0.6) is 0 Å². The zero-order valence-electron chi connectivity index (χ0n) is 14.6. The molecule has 0 bridgehead atoms. The van der Waals surface area contributed by atoms with Gasteiger partial charge in [0.2, 0.25) is 6.54 Å². The van der Waals surface area contributed by atoms with E-state index in [2.05, 4.69) is 5.32 Å². The van der Waals surface area contributed by atoms with E-state index in [1.807, 2.05) is 73.1 Å². The van der Waals surface area contributed by atoms with Crippen molar-refractivity contribution in [2.24, 2.45) is 7.05 Å². The predicted molar refractivity (Wildman–Crippen MR) is 95.8 cm³/mol. The maximum Gasteiger partial charge on any atom is 0.295 e. The summed E-state index contributed by atoms with van der Waals surface area (Å²) in [4.78, 5) is 25.2. The number of nitrogens with zero attached hydrogens (tertiary/aromatic N) is 3. The van der Waals surface area contributed by atoms with Crippen molar-refractivity contribution in [1.29, 1.82) is 0 Å². The van der Waals surface area contributed by atoms with Crippen LogP contribution in [0.2, 0.25) is 0 Å². The molecule has 0 atom stereocenters. The Hall–Kier alpha value is -3.15. The van der Waals surface area contributed by atoms with Gasteiger partial charge in [-0.3, -0.25) is 14.3 Å². The lowest BCUT2D eigenvalue weighted by molar-refractivity contribution is -0.690. The number of carbonyl (C=O) groups is 1. The largest absolute Gasteiger partial charge is 0.314 e. The lowest BCUT2D eigenvalue weighted by Crippen LogP contribution is -2.42. The number of carbonyl (C=O) groups excluding carboxylic acids is 1. The van der Waals surface area contributed by atoms with Crippen LogP contribution < -0.4 is 15.4 Å². The maximum absolute atomic E-state index is 12.8. The van der Waals surface area contributed by atoms with Crippen molar-refractivity contribution >= 4 is 11.6 Å². The normalized spacial score (nSPS) is 10.7. The third-order valence-electron chi connectivity index (χ3n) is 4.30. The summed E-state index contributed by atoms with van der Waals surface area (Å²) in [6.07, 6.45) is 1.84. The highest BCUT2D eigenvalue weighted by atomic mass is 16.2. The second-order valence-electron chi connectivity index (χ2n) is 5.95. The Balaban J connectivity index is 1.90. The highest BCUT2D eigenvalue weighted by molar-refractivity contribution is 5.90. The second kappa shape index (κ2) is 6.76. The molecule has 6 nitrogen and oxygen atoms in total. The molecule has 0 fully saturated rings. The van der Waals surface area contributed by atoms with Gasteiger partial charge in [0.05, 0.1) is 11.4 Å². The van der Waals surface area contributed by atoms with Crippen LogP contribution in [0.15, 0.2) is 59.5 Å². The number of aromatic nitrogens is 3. The number of hydrogen-bond donors (Lipinski definition) is 1. The molecule has 0 radical (unpaired) electrons. The number of hydrogen-bond acceptors (Lipinski definition) is 2. The number of benzene rings is 1. The van der Waals surface area contributed by atoms with E-state index < -0.39 is 0 Å². The van der Waals surface area contributed by atoms with Crippen molar-refractivity contribution in [2.45, 2.75) is 20.4 Å². The summed E-state index contributed by atoms with van der Waals surface area (Å²) in [7, 11) is 1.80. The van der Waals surface area contributed by atoms with E-state index in [0.717, 1.165) is 11.4 Å². The molecule has 0 saturated carbocycles. The highest BCUT2D eigenvalue weighted by Gasteiger charge is 2.20. The number of aryl methyl sites for hydroxylation is 1. The molecule has 0 spiro atoms. The minimum absolute atomic E-state index is 0.159. The predicted octanol–water partition coefficient (Wildman–Crippen LogP) is 1.72. The summed E-state index contributed by atoms with van der Waals surface area (Å²) in [6.45, 7) is 3.91. The first-order chi connectivity index (χ1) is 12.0. The van der Waals surface area contributed by atoms with Crippen molar-refractivity contribution in [2.75, 3.05) is 5.32 Å². The third kappa shape index (κ3) is 3.24. The molecule has 2 heterocycles. The van der Waals surface area contributed by atoms with Crippen LogP contribution in [0.1, 0.15) is 11.4 Å². The summed E-state index contributed by atoms with van der Waals surface area (Å²) < 4.78 is 5.13. The second-order valence-corrected chi connectivity index (χ2v) is 5.95. The summed E-state index contributed by atoms with van der Waals surface area (Å²) in [5.74, 6) is -0.231. The quantitative estimate of drug-likeness (QED) is 0.737. The molecular weight excluding hydrogens is 316 g/mol. The first-order valence-electron chi connectivity index (χ1n) is 8.08. The first kappa shape index (κ1) is 16.7.